The summed E-state index contributed by atoms with van der Waals surface area (Å²) in [5, 5.41) is 68.7. The molecule has 8 N–H and O–H groups in total. The van der Waals surface area contributed by atoms with Crippen molar-refractivity contribution in [2.24, 2.45) is 0 Å². The molecule has 4 atom stereocenters. The molecule has 20 nitrogen and oxygen atoms in total. The van der Waals surface area contributed by atoms with Crippen molar-refractivity contribution in [3.63, 3.8) is 0 Å². The summed E-state index contributed by atoms with van der Waals surface area (Å²) < 4.78 is 151. The molecule has 4 saturated carbocycles. The number of benzene rings is 8. The highest BCUT2D eigenvalue weighted by Gasteiger charge is 2.41. The van der Waals surface area contributed by atoms with Gasteiger partial charge in [0.15, 0.2) is 23.0 Å². The topological polar surface area (TPSA) is 303 Å². The molecule has 0 heterocycles. The molecular formula is C88H108N4O16S4. The molecule has 4 fully saturated rings. The summed E-state index contributed by atoms with van der Waals surface area (Å²) in [6.45, 7) is 13.5. The Morgan fingerprint density at radius 2 is 0.455 bits per heavy atom. The third kappa shape index (κ3) is 18.0. The molecule has 8 aromatic rings. The van der Waals surface area contributed by atoms with Crippen LogP contribution in [0.2, 0.25) is 0 Å². The van der Waals surface area contributed by atoms with E-state index in [2.05, 4.69) is 21.3 Å². The molecule has 112 heavy (non-hydrogen) atoms. The van der Waals surface area contributed by atoms with Gasteiger partial charge in [0.25, 0.3) is 0 Å². The first-order chi connectivity index (χ1) is 53.5. The number of phenols is 4. The van der Waals surface area contributed by atoms with E-state index in [9.17, 15) is 20.4 Å². The SMILES string of the molecule is Cc1ccc(S(=O)(=O)Oc2c3cc(c(OS(=O)(=O)c4ccc(C)cc4)c2CNC2CCCCC2)C(C)c2cc(c(O)c(CNC4CCCCC4)c2O)C(C)c2cc(c(OS(=O)(=O)c4ccc(C)cc4)c(CNC4CCCCC4)c2OS(=O)(=O)c2ccc(C)cc2)C(C)c2cc(c(O)c(CNC4CCCCC4)c2O)C3C)cc1. The van der Waals surface area contributed by atoms with Crippen LogP contribution < -0.4 is 38.0 Å². The molecule has 600 valence electrons. The number of aromatic hydroxyl groups is 4. The van der Waals surface area contributed by atoms with Crippen LogP contribution in [0.4, 0.5) is 0 Å². The Labute approximate surface area is 662 Å². The zero-order chi connectivity index (χ0) is 79.6. The van der Waals surface area contributed by atoms with Crippen molar-refractivity contribution in [2.45, 2.75) is 277 Å². The first kappa shape index (κ1) is 81.8. The van der Waals surface area contributed by atoms with Crippen LogP contribution in [0.1, 0.15) is 269 Å². The molecule has 0 radical (unpaired) electrons. The third-order valence-electron chi connectivity index (χ3n) is 24.1. The van der Waals surface area contributed by atoms with Crippen molar-refractivity contribution in [2.75, 3.05) is 0 Å². The Morgan fingerprint density at radius 3 is 0.652 bits per heavy atom. The molecule has 8 aromatic carbocycles. The van der Waals surface area contributed by atoms with Gasteiger partial charge in [-0.3, -0.25) is 0 Å². The largest absolute Gasteiger partial charge is 0.507 e. The molecule has 5 aliphatic carbocycles. The monoisotopic (exact) mass is 1600 g/mol. The number of hydrogen-bond acceptors (Lipinski definition) is 20. The van der Waals surface area contributed by atoms with E-state index >= 15 is 33.7 Å². The smallest absolute Gasteiger partial charge is 0.339 e. The van der Waals surface area contributed by atoms with Crippen LogP contribution in [-0.2, 0) is 66.7 Å². The number of rotatable bonds is 24. The van der Waals surface area contributed by atoms with Gasteiger partial charge in [-0.1, -0.05) is 176 Å². The molecule has 4 unspecified atom stereocenters. The molecule has 0 amide bonds. The first-order valence-corrected chi connectivity index (χ1v) is 45.6. The first-order valence-electron chi connectivity index (χ1n) is 40.0. The van der Waals surface area contributed by atoms with Crippen molar-refractivity contribution >= 4 is 40.5 Å². The molecular weight excluding hydrogens is 1500 g/mol. The lowest BCUT2D eigenvalue weighted by Gasteiger charge is -2.32. The van der Waals surface area contributed by atoms with Gasteiger partial charge in [-0.2, -0.15) is 33.7 Å². The van der Waals surface area contributed by atoms with E-state index in [4.69, 9.17) is 16.7 Å². The second-order valence-corrected chi connectivity index (χ2v) is 38.2. The van der Waals surface area contributed by atoms with Crippen LogP contribution in [0, 0.1) is 27.7 Å². The lowest BCUT2D eigenvalue weighted by molar-refractivity contribution is 0.362. The van der Waals surface area contributed by atoms with Gasteiger partial charge in [0.05, 0.1) is 22.3 Å². The van der Waals surface area contributed by atoms with E-state index in [1.54, 1.807) is 100 Å². The predicted octanol–water partition coefficient (Wildman–Crippen LogP) is 17.4. The van der Waals surface area contributed by atoms with E-state index in [-0.39, 0.29) is 183 Å². The Morgan fingerprint density at radius 1 is 0.277 bits per heavy atom. The standard InChI is InChI=1S/C88H108N4O16S4/c1-53-29-37-65(38-30-53)109(97,98)105-85-73-47-74(86(79(85)51-91-63-25-17-11-18-26-63)106-110(99,100)66-39-31-54(2)32-40-66)58(6)71-46-72(84(96)78(83(71)95)50-90-62-23-15-10-16-24-62)60(8)76-48-75(59(7)70-45-69(57(73)5)81(93)77(82(70)94)49-89-61-21-13-9-14-22-61)87(107-111(101,102)67-41-33-55(3)34-42-67)80(52-92-64-27-19-12-20-28-64)88(76)108-112(103,104)68-43-35-56(4)36-44-68/h29-48,57-64,89-96H,9-28,49-52H2,1-8H3. The maximum Gasteiger partial charge on any atom is 0.339 e. The maximum absolute atomic E-state index is 15.6. The highest BCUT2D eigenvalue weighted by Crippen LogP contribution is 2.56. The van der Waals surface area contributed by atoms with Crippen molar-refractivity contribution in [1.82, 2.24) is 21.3 Å². The van der Waals surface area contributed by atoms with Gasteiger partial charge < -0.3 is 58.4 Å². The fourth-order valence-corrected chi connectivity index (χ4v) is 20.9. The minimum Gasteiger partial charge on any atom is -0.507 e. The summed E-state index contributed by atoms with van der Waals surface area (Å²) in [6, 6.07) is 30.4. The summed E-state index contributed by atoms with van der Waals surface area (Å²) in [7, 11) is -19.6. The van der Waals surface area contributed by atoms with Gasteiger partial charge in [0.2, 0.25) is 0 Å². The number of fused-ring (bicyclic) bond motifs is 8. The number of aryl methyl sites for hydroxylation is 4. The van der Waals surface area contributed by atoms with Crippen LogP contribution >= 0.6 is 0 Å². The van der Waals surface area contributed by atoms with Gasteiger partial charge in [0, 0.05) is 119 Å². The molecule has 24 heteroatoms. The zero-order valence-electron chi connectivity index (χ0n) is 65.5. The van der Waals surface area contributed by atoms with Gasteiger partial charge in [-0.15, -0.1) is 0 Å². The Kier molecular flexibility index (Phi) is 25.2. The third-order valence-corrected chi connectivity index (χ3v) is 29.0. The second kappa shape index (κ2) is 34.5. The Hall–Kier alpha value is -8.20. The Balaban J connectivity index is 1.18. The second-order valence-electron chi connectivity index (χ2n) is 32.0. The van der Waals surface area contributed by atoms with Gasteiger partial charge in [0.1, 0.15) is 42.6 Å². The molecule has 0 saturated heterocycles. The minimum atomic E-state index is -4.91. The van der Waals surface area contributed by atoms with Crippen molar-refractivity contribution in [1.29, 1.82) is 0 Å². The minimum absolute atomic E-state index is 0.0356. The lowest BCUT2D eigenvalue weighted by Crippen LogP contribution is -2.31. The van der Waals surface area contributed by atoms with Crippen molar-refractivity contribution < 1.29 is 70.8 Å². The average molecular weight is 1610 g/mol. The highest BCUT2D eigenvalue weighted by atomic mass is 32.2. The quantitative estimate of drug-likeness (QED) is 0.0261. The Bertz CT molecular complexity index is 4620. The molecule has 13 rings (SSSR count). The highest BCUT2D eigenvalue weighted by molar-refractivity contribution is 7.88. The van der Waals surface area contributed by atoms with E-state index in [0.29, 0.717) is 0 Å². The number of hydrogen-bond donors (Lipinski definition) is 8. The van der Waals surface area contributed by atoms with Crippen LogP contribution in [0.25, 0.3) is 0 Å². The van der Waals surface area contributed by atoms with Crippen LogP contribution in [-0.4, -0.2) is 78.3 Å². The summed E-state index contributed by atoms with van der Waals surface area (Å²) in [5.74, 6) is -7.70. The average Bonchev–Trinajstić information content (AvgIpc) is 0.732. The van der Waals surface area contributed by atoms with Crippen LogP contribution in [0.5, 0.6) is 46.0 Å². The van der Waals surface area contributed by atoms with E-state index in [1.807, 2.05) is 27.7 Å². The van der Waals surface area contributed by atoms with E-state index in [0.717, 1.165) is 151 Å². The predicted molar refractivity (Wildman–Crippen MR) is 433 cm³/mol. The fourth-order valence-electron chi connectivity index (χ4n) is 17.0. The maximum atomic E-state index is 15.6. The van der Waals surface area contributed by atoms with Gasteiger partial charge in [-0.05, 0) is 152 Å². The summed E-state index contributed by atoms with van der Waals surface area (Å²) >= 11 is 0. The number of nitrogens with one attached hydrogen (secondary N) is 4. The molecule has 0 spiro atoms. The van der Waals surface area contributed by atoms with Crippen molar-refractivity contribution in [3.05, 3.63) is 210 Å². The van der Waals surface area contributed by atoms with Crippen LogP contribution in [0.3, 0.4) is 0 Å². The van der Waals surface area contributed by atoms with Gasteiger partial charge >= 0.3 is 40.5 Å². The molecule has 0 aliphatic heterocycles. The fraction of sp³-hybridized carbons (Fsp3) is 0.455. The van der Waals surface area contributed by atoms with Gasteiger partial charge in [-0.25, -0.2) is 0 Å². The lowest BCUT2D eigenvalue weighted by atomic mass is 9.78. The van der Waals surface area contributed by atoms with Crippen LogP contribution in [0.15, 0.2) is 141 Å². The summed E-state index contributed by atoms with van der Waals surface area (Å²) in [4.78, 5) is -0.913. The number of phenolic OH excluding ortho intramolecular Hbond substituents is 4. The molecule has 0 aromatic heterocycles. The van der Waals surface area contributed by atoms with E-state index in [1.165, 1.54) is 48.5 Å². The molecule has 5 aliphatic rings. The summed E-state index contributed by atoms with van der Waals surface area (Å²) in [6.07, 6.45) is 17.4. The van der Waals surface area contributed by atoms with E-state index < -0.39 is 64.1 Å². The summed E-state index contributed by atoms with van der Waals surface area (Å²) in [5.41, 5.74) is 3.91. The normalized spacial score (nSPS) is 19.3. The zero-order valence-corrected chi connectivity index (χ0v) is 68.7. The molecule has 8 bridgehead atoms. The van der Waals surface area contributed by atoms with Crippen molar-refractivity contribution in [3.8, 4) is 46.0 Å².